The van der Waals surface area contributed by atoms with Crippen LogP contribution in [0, 0.1) is 11.7 Å². The number of nitrogens with zero attached hydrogens (tertiary/aromatic N) is 3. The molecule has 0 aliphatic rings. The van der Waals surface area contributed by atoms with Crippen molar-refractivity contribution in [3.63, 3.8) is 0 Å². The molecule has 3 aromatic rings. The highest BCUT2D eigenvalue weighted by atomic mass is 32.1. The van der Waals surface area contributed by atoms with E-state index in [-0.39, 0.29) is 11.7 Å². The van der Waals surface area contributed by atoms with E-state index in [1.807, 2.05) is 21.6 Å². The Morgan fingerprint density at radius 3 is 2.68 bits per heavy atom. The maximum Gasteiger partial charge on any atom is 0.264 e. The lowest BCUT2D eigenvalue weighted by Crippen LogP contribution is -2.34. The molecular formula is C22H28FN3OS. The Balaban J connectivity index is 1.96. The van der Waals surface area contributed by atoms with Crippen LogP contribution in [-0.2, 0) is 19.5 Å². The number of hydrogen-bond donors (Lipinski definition) is 0. The minimum atomic E-state index is -0.267. The molecule has 0 bridgehead atoms. The van der Waals surface area contributed by atoms with Crippen molar-refractivity contribution < 1.29 is 9.18 Å². The van der Waals surface area contributed by atoms with Gasteiger partial charge in [0.25, 0.3) is 5.91 Å². The summed E-state index contributed by atoms with van der Waals surface area (Å²) in [5.41, 5.74) is 1.56. The van der Waals surface area contributed by atoms with Gasteiger partial charge in [0.1, 0.15) is 11.6 Å². The van der Waals surface area contributed by atoms with Gasteiger partial charge in [-0.15, -0.1) is 11.3 Å². The molecule has 0 unspecified atom stereocenters. The van der Waals surface area contributed by atoms with Crippen LogP contribution in [0.3, 0.4) is 0 Å². The van der Waals surface area contributed by atoms with E-state index < -0.39 is 0 Å². The monoisotopic (exact) mass is 401 g/mol. The van der Waals surface area contributed by atoms with Gasteiger partial charge in [0.05, 0.1) is 22.5 Å². The fraction of sp³-hybridized carbons (Fsp3) is 0.455. The molecule has 150 valence electrons. The zero-order valence-electron chi connectivity index (χ0n) is 17.0. The Hall–Kier alpha value is -2.21. The third-order valence-corrected chi connectivity index (χ3v) is 5.88. The number of carbonyl (C=O) groups is 1. The summed E-state index contributed by atoms with van der Waals surface area (Å²) in [6, 6.07) is 8.62. The molecule has 6 heteroatoms. The Morgan fingerprint density at radius 2 is 2.04 bits per heavy atom. The predicted octanol–water partition coefficient (Wildman–Crippen LogP) is 5.51. The van der Waals surface area contributed by atoms with E-state index in [0.717, 1.165) is 41.1 Å². The molecule has 2 heterocycles. The zero-order chi connectivity index (χ0) is 20.3. The molecule has 0 aliphatic carbocycles. The Bertz CT molecular complexity index is 960. The second kappa shape index (κ2) is 8.86. The largest absolute Gasteiger partial charge is 0.330 e. The van der Waals surface area contributed by atoms with Crippen LogP contribution in [0.5, 0.6) is 0 Å². The van der Waals surface area contributed by atoms with Gasteiger partial charge in [0.2, 0.25) is 0 Å². The summed E-state index contributed by atoms with van der Waals surface area (Å²) >= 11 is 1.56. The van der Waals surface area contributed by atoms with Gasteiger partial charge in [-0.05, 0) is 49.1 Å². The van der Waals surface area contributed by atoms with Crippen LogP contribution >= 0.6 is 11.3 Å². The number of aromatic nitrogens is 2. The fourth-order valence-corrected chi connectivity index (χ4v) is 4.32. The molecule has 0 spiro atoms. The highest BCUT2D eigenvalue weighted by Crippen LogP contribution is 2.23. The van der Waals surface area contributed by atoms with Gasteiger partial charge in [-0.25, -0.2) is 9.37 Å². The molecular weight excluding hydrogens is 373 g/mol. The van der Waals surface area contributed by atoms with Gasteiger partial charge in [-0.2, -0.15) is 0 Å². The van der Waals surface area contributed by atoms with E-state index >= 15 is 0 Å². The molecule has 0 N–H and O–H groups in total. The minimum Gasteiger partial charge on any atom is -0.330 e. The lowest BCUT2D eigenvalue weighted by Gasteiger charge is -2.24. The van der Waals surface area contributed by atoms with Crippen LogP contribution in [0.15, 0.2) is 30.3 Å². The van der Waals surface area contributed by atoms with Gasteiger partial charge >= 0.3 is 0 Å². The van der Waals surface area contributed by atoms with Crippen LogP contribution in [0.1, 0.15) is 54.5 Å². The lowest BCUT2D eigenvalue weighted by molar-refractivity contribution is 0.0721. The standard InChI is InChI=1S/C22H28FN3OS/c1-5-11-26-19-12-16(23)7-9-18(19)24-21(26)14-25(13-15(3)4)22(27)20-10-8-17(6-2)28-20/h7-10,12,15H,5-6,11,13-14H2,1-4H3. The molecule has 0 fully saturated rings. The third kappa shape index (κ3) is 4.43. The molecule has 0 atom stereocenters. The summed E-state index contributed by atoms with van der Waals surface area (Å²) in [7, 11) is 0. The second-order valence-corrected chi connectivity index (χ2v) is 8.68. The van der Waals surface area contributed by atoms with E-state index in [4.69, 9.17) is 4.98 Å². The SMILES string of the molecule is CCCn1c(CN(CC(C)C)C(=O)c2ccc(CC)s2)nc2ccc(F)cc21. The molecule has 0 saturated heterocycles. The Labute approximate surface area is 170 Å². The van der Waals surface area contributed by atoms with E-state index in [1.54, 1.807) is 17.4 Å². The highest BCUT2D eigenvalue weighted by Gasteiger charge is 2.22. The number of rotatable bonds is 8. The molecule has 0 saturated carbocycles. The molecule has 0 aliphatic heterocycles. The summed E-state index contributed by atoms with van der Waals surface area (Å²) < 4.78 is 15.8. The van der Waals surface area contributed by atoms with Crippen LogP contribution in [0.25, 0.3) is 11.0 Å². The van der Waals surface area contributed by atoms with Gasteiger partial charge in [-0.3, -0.25) is 4.79 Å². The zero-order valence-corrected chi connectivity index (χ0v) is 17.9. The molecule has 2 aromatic heterocycles. The van der Waals surface area contributed by atoms with Crippen molar-refractivity contribution in [3.8, 4) is 0 Å². The Kier molecular flexibility index (Phi) is 6.50. The topological polar surface area (TPSA) is 38.1 Å². The van der Waals surface area contributed by atoms with Crippen molar-refractivity contribution >= 4 is 28.3 Å². The number of thiophene rings is 1. The number of hydrogen-bond acceptors (Lipinski definition) is 3. The highest BCUT2D eigenvalue weighted by molar-refractivity contribution is 7.14. The first-order valence-corrected chi connectivity index (χ1v) is 10.8. The summed E-state index contributed by atoms with van der Waals surface area (Å²) in [5, 5.41) is 0. The molecule has 0 radical (unpaired) electrons. The molecule has 4 nitrogen and oxygen atoms in total. The van der Waals surface area contributed by atoms with E-state index in [0.29, 0.717) is 19.0 Å². The number of imidazole rings is 1. The molecule has 1 amide bonds. The van der Waals surface area contributed by atoms with E-state index in [9.17, 15) is 9.18 Å². The minimum absolute atomic E-state index is 0.0414. The van der Waals surface area contributed by atoms with Crippen molar-refractivity contribution in [1.82, 2.24) is 14.5 Å². The van der Waals surface area contributed by atoms with Crippen LogP contribution in [0.2, 0.25) is 0 Å². The van der Waals surface area contributed by atoms with Gasteiger partial charge in [-0.1, -0.05) is 27.7 Å². The average Bonchev–Trinajstić information content (AvgIpc) is 3.26. The van der Waals surface area contributed by atoms with Gasteiger partial charge < -0.3 is 9.47 Å². The summed E-state index contributed by atoms with van der Waals surface area (Å²) in [6.07, 6.45) is 1.85. The maximum atomic E-state index is 13.8. The second-order valence-electron chi connectivity index (χ2n) is 7.51. The van der Waals surface area contributed by atoms with E-state index in [2.05, 4.69) is 27.7 Å². The normalized spacial score (nSPS) is 11.5. The predicted molar refractivity (Wildman–Crippen MR) is 113 cm³/mol. The number of benzene rings is 1. The quantitative estimate of drug-likeness (QED) is 0.499. The van der Waals surface area contributed by atoms with E-state index in [1.165, 1.54) is 17.0 Å². The molecule has 1 aromatic carbocycles. The first kappa shape index (κ1) is 20.5. The van der Waals surface area contributed by atoms with Gasteiger partial charge in [0, 0.05) is 18.0 Å². The summed E-state index contributed by atoms with van der Waals surface area (Å²) in [6.45, 7) is 10.2. The summed E-state index contributed by atoms with van der Waals surface area (Å²) in [4.78, 5) is 21.8. The van der Waals surface area contributed by atoms with Crippen molar-refractivity contribution in [2.75, 3.05) is 6.54 Å². The van der Waals surface area contributed by atoms with Crippen molar-refractivity contribution in [3.05, 3.63) is 51.7 Å². The maximum absolute atomic E-state index is 13.8. The summed E-state index contributed by atoms with van der Waals surface area (Å²) in [5.74, 6) is 0.927. The third-order valence-electron chi connectivity index (χ3n) is 4.66. The van der Waals surface area contributed by atoms with Crippen LogP contribution < -0.4 is 0 Å². The van der Waals surface area contributed by atoms with Crippen molar-refractivity contribution in [2.45, 2.75) is 53.6 Å². The van der Waals surface area contributed by atoms with Crippen molar-refractivity contribution in [2.24, 2.45) is 5.92 Å². The van der Waals surface area contributed by atoms with Gasteiger partial charge in [0.15, 0.2) is 0 Å². The molecule has 28 heavy (non-hydrogen) atoms. The van der Waals surface area contributed by atoms with Crippen LogP contribution in [0.4, 0.5) is 4.39 Å². The number of halogens is 1. The number of fused-ring (bicyclic) bond motifs is 1. The number of carbonyl (C=O) groups excluding carboxylic acids is 1. The fourth-order valence-electron chi connectivity index (χ4n) is 3.41. The van der Waals surface area contributed by atoms with Crippen molar-refractivity contribution in [1.29, 1.82) is 0 Å². The Morgan fingerprint density at radius 1 is 1.25 bits per heavy atom. The lowest BCUT2D eigenvalue weighted by atomic mass is 10.2. The smallest absolute Gasteiger partial charge is 0.264 e. The first-order valence-electron chi connectivity index (χ1n) is 9.95. The number of aryl methyl sites for hydroxylation is 2. The molecule has 3 rings (SSSR count). The van der Waals surface area contributed by atoms with Crippen LogP contribution in [-0.4, -0.2) is 26.9 Å². The number of amides is 1. The average molecular weight is 402 g/mol. The first-order chi connectivity index (χ1) is 13.4.